The minimum Gasteiger partial charge on any atom is -0.389 e. The van der Waals surface area contributed by atoms with E-state index in [1.165, 1.54) is 13.0 Å². The first kappa shape index (κ1) is 9.14. The third kappa shape index (κ3) is 3.22. The molecule has 0 saturated carbocycles. The lowest BCUT2D eigenvalue weighted by atomic mass is 10.3. The van der Waals surface area contributed by atoms with E-state index in [1.54, 1.807) is 7.05 Å². The van der Waals surface area contributed by atoms with Crippen LogP contribution in [0.3, 0.4) is 0 Å². The second-order valence-electron chi connectivity index (χ2n) is 1.81. The second kappa shape index (κ2) is 4.97. The van der Waals surface area contributed by atoms with Crippen LogP contribution in [0.5, 0.6) is 0 Å². The largest absolute Gasteiger partial charge is 0.389 e. The predicted molar refractivity (Wildman–Crippen MR) is 38.0 cm³/mol. The van der Waals surface area contributed by atoms with Crippen LogP contribution >= 0.6 is 0 Å². The standard InChI is InChI=1S/C7H11F2N/c1-6(9)7(10-2)4-3-5-8/h3-6,10H,1-2H3/b5-3+,7-4+. The molecule has 0 heterocycles. The van der Waals surface area contributed by atoms with E-state index in [4.69, 9.17) is 0 Å². The summed E-state index contributed by atoms with van der Waals surface area (Å²) in [6.07, 6.45) is 1.77. The number of halogens is 2. The topological polar surface area (TPSA) is 12.0 Å². The summed E-state index contributed by atoms with van der Waals surface area (Å²) >= 11 is 0. The first-order valence-corrected chi connectivity index (χ1v) is 3.01. The van der Waals surface area contributed by atoms with Crippen molar-refractivity contribution in [1.82, 2.24) is 5.32 Å². The molecule has 0 saturated heterocycles. The van der Waals surface area contributed by atoms with Gasteiger partial charge in [0.25, 0.3) is 0 Å². The molecular weight excluding hydrogens is 136 g/mol. The normalized spacial score (nSPS) is 15.8. The Kier molecular flexibility index (Phi) is 4.54. The molecule has 0 bridgehead atoms. The highest BCUT2D eigenvalue weighted by Crippen LogP contribution is 2.01. The van der Waals surface area contributed by atoms with Gasteiger partial charge in [0.2, 0.25) is 0 Å². The van der Waals surface area contributed by atoms with E-state index in [1.807, 2.05) is 0 Å². The maximum absolute atomic E-state index is 12.4. The Morgan fingerprint density at radius 1 is 1.60 bits per heavy atom. The zero-order chi connectivity index (χ0) is 7.98. The Morgan fingerprint density at radius 3 is 2.50 bits per heavy atom. The van der Waals surface area contributed by atoms with Crippen molar-refractivity contribution in [2.24, 2.45) is 0 Å². The highest BCUT2D eigenvalue weighted by Gasteiger charge is 2.00. The van der Waals surface area contributed by atoms with Gasteiger partial charge < -0.3 is 5.32 Å². The number of alkyl halides is 1. The Hall–Kier alpha value is -0.860. The van der Waals surface area contributed by atoms with Crippen molar-refractivity contribution in [3.8, 4) is 0 Å². The van der Waals surface area contributed by atoms with Crippen LogP contribution in [-0.4, -0.2) is 13.2 Å². The molecule has 0 aliphatic heterocycles. The quantitative estimate of drug-likeness (QED) is 0.601. The van der Waals surface area contributed by atoms with Crippen LogP contribution in [0.2, 0.25) is 0 Å². The number of rotatable bonds is 3. The van der Waals surface area contributed by atoms with E-state index >= 15 is 0 Å². The summed E-state index contributed by atoms with van der Waals surface area (Å²) in [4.78, 5) is 0. The molecule has 0 spiro atoms. The minimum atomic E-state index is -1.08. The molecule has 1 nitrogen and oxygen atoms in total. The molecule has 3 heteroatoms. The van der Waals surface area contributed by atoms with E-state index in [2.05, 4.69) is 5.32 Å². The molecule has 1 N–H and O–H groups in total. The van der Waals surface area contributed by atoms with Gasteiger partial charge >= 0.3 is 0 Å². The lowest BCUT2D eigenvalue weighted by molar-refractivity contribution is 0.397. The Balaban J connectivity index is 4.04. The van der Waals surface area contributed by atoms with Crippen LogP contribution in [0.1, 0.15) is 6.92 Å². The molecule has 0 radical (unpaired) electrons. The molecule has 1 unspecified atom stereocenters. The summed E-state index contributed by atoms with van der Waals surface area (Å²) in [6, 6.07) is 0. The van der Waals surface area contributed by atoms with Crippen LogP contribution < -0.4 is 5.32 Å². The molecule has 1 atom stereocenters. The summed E-state index contributed by atoms with van der Waals surface area (Å²) < 4.78 is 23.8. The van der Waals surface area contributed by atoms with E-state index < -0.39 is 6.17 Å². The maximum atomic E-state index is 12.4. The maximum Gasteiger partial charge on any atom is 0.137 e. The average molecular weight is 147 g/mol. The lowest BCUT2D eigenvalue weighted by Crippen LogP contribution is -2.13. The van der Waals surface area contributed by atoms with Crippen molar-refractivity contribution >= 4 is 0 Å². The Bertz CT molecular complexity index is 139. The van der Waals surface area contributed by atoms with Gasteiger partial charge in [-0.3, -0.25) is 0 Å². The number of allylic oxidation sites excluding steroid dienone is 3. The second-order valence-corrected chi connectivity index (χ2v) is 1.81. The van der Waals surface area contributed by atoms with Crippen molar-refractivity contribution in [3.05, 3.63) is 24.2 Å². The lowest BCUT2D eigenvalue weighted by Gasteiger charge is -2.04. The molecule has 0 aromatic heterocycles. The van der Waals surface area contributed by atoms with Crippen molar-refractivity contribution in [2.75, 3.05) is 7.05 Å². The zero-order valence-electron chi connectivity index (χ0n) is 6.07. The van der Waals surface area contributed by atoms with Gasteiger partial charge in [-0.05, 0) is 19.1 Å². The number of hydrogen-bond acceptors (Lipinski definition) is 1. The van der Waals surface area contributed by atoms with Gasteiger partial charge in [-0.2, -0.15) is 0 Å². The molecule has 0 fully saturated rings. The van der Waals surface area contributed by atoms with E-state index in [0.29, 0.717) is 12.0 Å². The van der Waals surface area contributed by atoms with Gasteiger partial charge in [-0.25, -0.2) is 8.78 Å². The molecule has 0 aliphatic rings. The Labute approximate surface area is 59.4 Å². The van der Waals surface area contributed by atoms with E-state index in [0.717, 1.165) is 6.08 Å². The van der Waals surface area contributed by atoms with Gasteiger partial charge in [0, 0.05) is 12.7 Å². The third-order valence-corrected chi connectivity index (χ3v) is 1.07. The smallest absolute Gasteiger partial charge is 0.137 e. The summed E-state index contributed by atoms with van der Waals surface area (Å²) in [5, 5.41) is 2.60. The van der Waals surface area contributed by atoms with Crippen LogP contribution in [0, 0.1) is 0 Å². The summed E-state index contributed by atoms with van der Waals surface area (Å²) in [6.45, 7) is 1.38. The van der Waals surface area contributed by atoms with Crippen LogP contribution in [0.4, 0.5) is 8.78 Å². The van der Waals surface area contributed by atoms with Gasteiger partial charge in [-0.1, -0.05) is 0 Å². The van der Waals surface area contributed by atoms with Gasteiger partial charge in [0.1, 0.15) is 6.17 Å². The highest BCUT2D eigenvalue weighted by atomic mass is 19.1. The van der Waals surface area contributed by atoms with Crippen molar-refractivity contribution in [1.29, 1.82) is 0 Å². The summed E-state index contributed by atoms with van der Waals surface area (Å²) in [5.41, 5.74) is 0.369. The third-order valence-electron chi connectivity index (χ3n) is 1.07. The van der Waals surface area contributed by atoms with E-state index in [-0.39, 0.29) is 0 Å². The molecule has 0 rings (SSSR count). The molecular formula is C7H11F2N. The van der Waals surface area contributed by atoms with Crippen molar-refractivity contribution in [2.45, 2.75) is 13.1 Å². The fraction of sp³-hybridized carbons (Fsp3) is 0.429. The minimum absolute atomic E-state index is 0.361. The molecule has 0 aliphatic carbocycles. The van der Waals surface area contributed by atoms with Crippen LogP contribution in [0.25, 0.3) is 0 Å². The van der Waals surface area contributed by atoms with Gasteiger partial charge in [0.05, 0.1) is 6.33 Å². The van der Waals surface area contributed by atoms with Gasteiger partial charge in [0.15, 0.2) is 0 Å². The highest BCUT2D eigenvalue weighted by molar-refractivity contribution is 5.12. The fourth-order valence-corrected chi connectivity index (χ4v) is 0.555. The van der Waals surface area contributed by atoms with E-state index in [9.17, 15) is 8.78 Å². The predicted octanol–water partition coefficient (Wildman–Crippen LogP) is 1.93. The fourth-order valence-electron chi connectivity index (χ4n) is 0.555. The van der Waals surface area contributed by atoms with Crippen molar-refractivity contribution in [3.63, 3.8) is 0 Å². The van der Waals surface area contributed by atoms with Crippen LogP contribution in [0.15, 0.2) is 24.2 Å². The summed E-state index contributed by atoms with van der Waals surface area (Å²) in [5.74, 6) is 0. The Morgan fingerprint density at radius 2 is 2.20 bits per heavy atom. The number of nitrogens with one attached hydrogen (secondary N) is 1. The first-order valence-electron chi connectivity index (χ1n) is 3.01. The van der Waals surface area contributed by atoms with Crippen molar-refractivity contribution < 1.29 is 8.78 Å². The molecule has 0 amide bonds. The number of hydrogen-bond donors (Lipinski definition) is 1. The monoisotopic (exact) mass is 147 g/mol. The zero-order valence-corrected chi connectivity index (χ0v) is 6.07. The molecule has 0 aromatic carbocycles. The summed E-state index contributed by atoms with van der Waals surface area (Å²) in [7, 11) is 1.59. The molecule has 58 valence electrons. The molecule has 0 aromatic rings. The van der Waals surface area contributed by atoms with Gasteiger partial charge in [-0.15, -0.1) is 0 Å². The first-order chi connectivity index (χ1) is 4.72. The molecule has 10 heavy (non-hydrogen) atoms. The van der Waals surface area contributed by atoms with Crippen LogP contribution in [-0.2, 0) is 0 Å². The SMILES string of the molecule is CN/C(=C/C=C/F)C(C)F. The average Bonchev–Trinajstić information content (AvgIpc) is 1.89.